The molecule has 0 radical (unpaired) electrons. The molecule has 0 amide bonds. The van der Waals surface area contributed by atoms with E-state index >= 15 is 0 Å². The van der Waals surface area contributed by atoms with E-state index in [-0.39, 0.29) is 104 Å². The lowest BCUT2D eigenvalue weighted by Crippen LogP contribution is -2.03. The molecule has 0 fully saturated rings. The molecule has 0 saturated heterocycles. The van der Waals surface area contributed by atoms with Crippen molar-refractivity contribution in [3.05, 3.63) is 313 Å². The molecule has 0 aliphatic carbocycles. The van der Waals surface area contributed by atoms with Gasteiger partial charge in [-0.1, -0.05) is 176 Å². The molecule has 0 atom stereocenters. The monoisotopic (exact) mass is 1640 g/mol. The van der Waals surface area contributed by atoms with Crippen LogP contribution in [-0.2, 0) is 0 Å². The Kier molecular flexibility index (Phi) is 41.9. The van der Waals surface area contributed by atoms with Crippen LogP contribution in [0.5, 0.6) is 0 Å². The van der Waals surface area contributed by atoms with Crippen LogP contribution in [0.2, 0.25) is 10.0 Å². The van der Waals surface area contributed by atoms with E-state index in [1.54, 1.807) is 65.8 Å². The van der Waals surface area contributed by atoms with Gasteiger partial charge in [0.05, 0.1) is 9.50 Å². The predicted octanol–water partition coefficient (Wildman–Crippen LogP) is 30.9. The normalized spacial score (nSPS) is 10.8. The third kappa shape index (κ3) is 31.0. The molecule has 9 aromatic carbocycles. The zero-order valence-electron chi connectivity index (χ0n) is 61.2. The minimum Gasteiger partial charge on any atom is -0.207 e. The number of benzene rings is 9. The first-order valence-corrected chi connectivity index (χ1v) is 35.2. The van der Waals surface area contributed by atoms with Crippen LogP contribution in [0.1, 0.15) is 234 Å². The van der Waals surface area contributed by atoms with Crippen LogP contribution >= 0.6 is 55.1 Å². The zero-order valence-corrected chi connectivity index (χ0v) is 65.9. The van der Waals surface area contributed by atoms with E-state index in [0.29, 0.717) is 26.2 Å². The van der Waals surface area contributed by atoms with E-state index in [9.17, 15) is 79.0 Å². The van der Waals surface area contributed by atoms with E-state index in [1.165, 1.54) is 74.5 Å². The van der Waals surface area contributed by atoms with Gasteiger partial charge in [0.2, 0.25) is 0 Å². The third-order valence-corrected chi connectivity index (χ3v) is 16.5. The van der Waals surface area contributed by atoms with E-state index < -0.39 is 87.1 Å². The van der Waals surface area contributed by atoms with Crippen LogP contribution in [0.15, 0.2) is 142 Å². The van der Waals surface area contributed by atoms with Gasteiger partial charge in [-0.15, -0.1) is 0 Å². The molecule has 0 nitrogen and oxygen atoms in total. The highest BCUT2D eigenvalue weighted by atomic mass is 79.9. The predicted molar refractivity (Wildman–Crippen MR) is 394 cm³/mol. The molecule has 9 aromatic rings. The minimum atomic E-state index is -1.36. The van der Waals surface area contributed by atoms with Crippen molar-refractivity contribution in [3.63, 3.8) is 0 Å². The lowest BCUT2D eigenvalue weighted by atomic mass is 9.98. The first kappa shape index (κ1) is 95.3. The van der Waals surface area contributed by atoms with Gasteiger partial charge in [-0.2, -0.15) is 0 Å². The third-order valence-electron chi connectivity index (χ3n) is 14.8. The highest BCUT2D eigenvalue weighted by molar-refractivity contribution is 9.10. The molecule has 570 valence electrons. The van der Waals surface area contributed by atoms with Gasteiger partial charge < -0.3 is 0 Å². The molecule has 0 aromatic heterocycles. The van der Waals surface area contributed by atoms with Crippen LogP contribution < -0.4 is 0 Å². The molecule has 22 heteroatoms. The number of aryl methyl sites for hydroxylation is 1. The maximum absolute atomic E-state index is 13.5. The summed E-state index contributed by atoms with van der Waals surface area (Å²) >= 11 is 17.7. The molecule has 104 heavy (non-hydrogen) atoms. The van der Waals surface area contributed by atoms with Gasteiger partial charge in [-0.25, -0.2) is 79.0 Å². The topological polar surface area (TPSA) is 0 Å². The first-order chi connectivity index (χ1) is 48.1. The van der Waals surface area contributed by atoms with E-state index in [2.05, 4.69) is 31.9 Å². The molecule has 9 rings (SSSR count). The highest BCUT2D eigenvalue weighted by Gasteiger charge is 2.22. The summed E-state index contributed by atoms with van der Waals surface area (Å²) in [6.07, 6.45) is 0. The quantitative estimate of drug-likeness (QED) is 0.0998. The fourth-order valence-electron chi connectivity index (χ4n) is 9.46. The van der Waals surface area contributed by atoms with Crippen LogP contribution in [0.3, 0.4) is 0 Å². The number of rotatable bonds is 9. The van der Waals surface area contributed by atoms with Crippen molar-refractivity contribution in [1.29, 1.82) is 0 Å². The Hall–Kier alpha value is -6.74. The Balaban J connectivity index is 0.000000585. The summed E-state index contributed by atoms with van der Waals surface area (Å²) < 4.78 is 233. The molecule has 0 unspecified atom stereocenters. The lowest BCUT2D eigenvalue weighted by Gasteiger charge is -2.11. The SMILES string of the molecule is CC(C)c1c(F)c(F)cc(F)c1F.CC(C)c1c(F)ccc(Cl)c1F.CC(C)c1c(F)ccc(F)c1F.CC(C)c1c(F)cccc1F.CC(C)c1cc(Br)ccc1F.CC(C)c1cc(Cl)ccc1F.CC(C)c1cc(F)cc(F)c1.CC(C)c1cc(F)ccc1F.Cc1ccc(Br)c(F)c1C(C)C. The van der Waals surface area contributed by atoms with E-state index in [0.717, 1.165) is 51.5 Å². The fourth-order valence-corrected chi connectivity index (χ4v) is 10.5. The number of halogens is 22. The van der Waals surface area contributed by atoms with Gasteiger partial charge in [0, 0.05) is 43.9 Å². The molecular weight excluding hydrogens is 1560 g/mol. The second kappa shape index (κ2) is 45.7. The second-order valence-corrected chi connectivity index (χ2v) is 28.8. The molecule has 0 aliphatic rings. The maximum Gasteiger partial charge on any atom is 0.165 e. The van der Waals surface area contributed by atoms with Crippen molar-refractivity contribution in [2.75, 3.05) is 0 Å². The summed E-state index contributed by atoms with van der Waals surface area (Å²) in [7, 11) is 0. The largest absolute Gasteiger partial charge is 0.207 e. The smallest absolute Gasteiger partial charge is 0.165 e. The van der Waals surface area contributed by atoms with Gasteiger partial charge in [0.1, 0.15) is 69.8 Å². The summed E-state index contributed by atoms with van der Waals surface area (Å²) in [5.74, 6) is -12.7. The van der Waals surface area contributed by atoms with Crippen LogP contribution in [0.25, 0.3) is 0 Å². The summed E-state index contributed by atoms with van der Waals surface area (Å²) in [5, 5.41) is 0.565. The Labute approximate surface area is 627 Å². The average molecular weight is 1650 g/mol. The number of hydrogen-bond acceptors (Lipinski definition) is 0. The summed E-state index contributed by atoms with van der Waals surface area (Å²) in [5.41, 5.74) is 3.90. The molecule has 0 saturated carbocycles. The number of hydrogen-bond donors (Lipinski definition) is 0. The zero-order chi connectivity index (χ0) is 80.2. The average Bonchev–Trinajstić information content (AvgIpc) is 0.810. The highest BCUT2D eigenvalue weighted by Crippen LogP contribution is 2.32. The molecule has 0 heterocycles. The molecule has 0 bridgehead atoms. The van der Waals surface area contributed by atoms with Crippen molar-refractivity contribution < 1.29 is 79.0 Å². The van der Waals surface area contributed by atoms with E-state index in [4.69, 9.17) is 23.2 Å². The Bertz CT molecular complexity index is 3830. The van der Waals surface area contributed by atoms with Crippen molar-refractivity contribution in [1.82, 2.24) is 0 Å². The summed E-state index contributed by atoms with van der Waals surface area (Å²) in [6.45, 7) is 34.3. The van der Waals surface area contributed by atoms with Gasteiger partial charge in [0.25, 0.3) is 0 Å². The molecular formula is C82H88Br2Cl2F18. The first-order valence-electron chi connectivity index (χ1n) is 32.9. The van der Waals surface area contributed by atoms with Crippen LogP contribution in [0.4, 0.5) is 79.0 Å². The fraction of sp³-hybridized carbons (Fsp3) is 0.341. The second-order valence-electron chi connectivity index (χ2n) is 26.2. The van der Waals surface area contributed by atoms with Crippen molar-refractivity contribution >= 4 is 55.1 Å². The van der Waals surface area contributed by atoms with Gasteiger partial charge >= 0.3 is 0 Å². The van der Waals surface area contributed by atoms with Crippen molar-refractivity contribution in [3.8, 4) is 0 Å². The molecule has 0 N–H and O–H groups in total. The van der Waals surface area contributed by atoms with E-state index in [1.807, 2.05) is 88.3 Å². The van der Waals surface area contributed by atoms with Crippen LogP contribution in [-0.4, -0.2) is 0 Å². The van der Waals surface area contributed by atoms with Crippen molar-refractivity contribution in [2.45, 2.75) is 185 Å². The van der Waals surface area contributed by atoms with Gasteiger partial charge in [-0.05, 0) is 219 Å². The summed E-state index contributed by atoms with van der Waals surface area (Å²) in [6, 6.07) is 28.7. The van der Waals surface area contributed by atoms with Crippen LogP contribution in [0, 0.1) is 112 Å². The minimum absolute atomic E-state index is 0.0277. The Morgan fingerprint density at radius 2 is 0.625 bits per heavy atom. The molecule has 0 spiro atoms. The van der Waals surface area contributed by atoms with Gasteiger partial charge in [0.15, 0.2) is 34.9 Å². The summed E-state index contributed by atoms with van der Waals surface area (Å²) in [4.78, 5) is 0. The standard InChI is InChI=1S/C10H12BrF.C9H10BrF.C9H9ClF2.C9H10ClF.C9H8F4.C9H9F3.3C9H10F2/c1-6(2)9-7(3)4-5-8(11)10(9)12;1-6(2)8-5-7(10)3-4-9(8)11;1-5(2)8-7(11)4-3-6(10)9(8)12;1-6(2)8-5-7(10)3-4-9(8)11;1-4(2)7-8(12)5(10)3-6(11)9(7)13;1-5(2)8-6(10)3-4-7(11)9(8)12;1-6(2)7-3-8(10)5-9(11)4-7;1-6(2)8-5-7(10)3-4-9(8)11;1-6(2)9-7(10)4-3-5-8(9)11/h4-6H,1-3H3;3-6H,1-2H3;3-5H,1-2H3;3-6H,1-2H3;3-4H,1-2H3;3-5H,1-2H3;3*3-6H,1-2H3. The molecule has 0 aliphatic heterocycles. The Morgan fingerprint density at radius 3 is 0.990 bits per heavy atom. The Morgan fingerprint density at radius 1 is 0.260 bits per heavy atom. The lowest BCUT2D eigenvalue weighted by molar-refractivity contribution is 0.432. The van der Waals surface area contributed by atoms with Gasteiger partial charge in [-0.3, -0.25) is 0 Å². The van der Waals surface area contributed by atoms with Crippen molar-refractivity contribution in [2.24, 2.45) is 0 Å². The maximum atomic E-state index is 13.5.